The quantitative estimate of drug-likeness (QED) is 0.849. The molecule has 1 aliphatic rings. The van der Waals surface area contributed by atoms with E-state index in [1.165, 1.54) is 0 Å². The number of hydrogen-bond acceptors (Lipinski definition) is 4. The number of rotatable bonds is 6. The summed E-state index contributed by atoms with van der Waals surface area (Å²) in [6.07, 6.45) is 7.24. The molecule has 6 nitrogen and oxygen atoms in total. The summed E-state index contributed by atoms with van der Waals surface area (Å²) >= 11 is 0. The molecule has 0 aliphatic carbocycles. The van der Waals surface area contributed by atoms with E-state index in [4.69, 9.17) is 4.74 Å². The number of nitrogens with one attached hydrogen (secondary N) is 2. The minimum Gasteiger partial charge on any atom is -0.381 e. The lowest BCUT2D eigenvalue weighted by Gasteiger charge is -2.23. The molecule has 1 aromatic carbocycles. The molecule has 6 heteroatoms. The van der Waals surface area contributed by atoms with Gasteiger partial charge in [-0.05, 0) is 37.5 Å². The Kier molecular flexibility index (Phi) is 5.61. The van der Waals surface area contributed by atoms with Crippen LogP contribution < -0.4 is 10.6 Å². The second kappa shape index (κ2) is 8.08. The fourth-order valence-electron chi connectivity index (χ4n) is 2.85. The fourth-order valence-corrected chi connectivity index (χ4v) is 2.85. The molecule has 1 aliphatic heterocycles. The van der Waals surface area contributed by atoms with Gasteiger partial charge in [-0.1, -0.05) is 12.1 Å². The maximum Gasteiger partial charge on any atom is 0.234 e. The summed E-state index contributed by atoms with van der Waals surface area (Å²) in [6.45, 7) is 3.84. The molecule has 1 atom stereocenters. The van der Waals surface area contributed by atoms with Crippen LogP contribution in [0.4, 0.5) is 0 Å². The molecule has 3 rings (SSSR count). The first-order valence-corrected chi connectivity index (χ1v) is 8.41. The van der Waals surface area contributed by atoms with Crippen LogP contribution in [0.25, 0.3) is 5.69 Å². The van der Waals surface area contributed by atoms with E-state index in [0.29, 0.717) is 6.54 Å². The van der Waals surface area contributed by atoms with Crippen LogP contribution in [-0.2, 0) is 9.53 Å². The highest BCUT2D eigenvalue weighted by molar-refractivity contribution is 5.78. The van der Waals surface area contributed by atoms with Gasteiger partial charge < -0.3 is 19.9 Å². The van der Waals surface area contributed by atoms with E-state index in [9.17, 15) is 4.79 Å². The number of benzene rings is 1. The Morgan fingerprint density at radius 2 is 2.25 bits per heavy atom. The minimum atomic E-state index is 0.0412. The van der Waals surface area contributed by atoms with Gasteiger partial charge in [0.25, 0.3) is 0 Å². The van der Waals surface area contributed by atoms with Crippen LogP contribution in [0, 0.1) is 0 Å². The van der Waals surface area contributed by atoms with Crippen molar-refractivity contribution in [1.82, 2.24) is 20.2 Å². The van der Waals surface area contributed by atoms with Crippen molar-refractivity contribution in [3.05, 3.63) is 48.5 Å². The molecule has 1 saturated heterocycles. The van der Waals surface area contributed by atoms with Crippen molar-refractivity contribution >= 4 is 5.91 Å². The Hall–Kier alpha value is -2.18. The molecule has 0 spiro atoms. The summed E-state index contributed by atoms with van der Waals surface area (Å²) in [6, 6.07) is 8.56. The van der Waals surface area contributed by atoms with Crippen molar-refractivity contribution in [3.8, 4) is 5.69 Å². The van der Waals surface area contributed by atoms with Crippen molar-refractivity contribution < 1.29 is 9.53 Å². The lowest BCUT2D eigenvalue weighted by Crippen LogP contribution is -2.43. The molecule has 0 saturated carbocycles. The van der Waals surface area contributed by atoms with Crippen molar-refractivity contribution in [2.24, 2.45) is 0 Å². The second-order valence-electron chi connectivity index (χ2n) is 6.12. The van der Waals surface area contributed by atoms with Crippen LogP contribution in [0.15, 0.2) is 43.0 Å². The van der Waals surface area contributed by atoms with Gasteiger partial charge in [0.1, 0.15) is 0 Å². The molecule has 0 bridgehead atoms. The summed E-state index contributed by atoms with van der Waals surface area (Å²) < 4.78 is 7.27. The van der Waals surface area contributed by atoms with Crippen molar-refractivity contribution in [2.75, 3.05) is 19.8 Å². The summed E-state index contributed by atoms with van der Waals surface area (Å²) in [4.78, 5) is 16.1. The molecule has 0 unspecified atom stereocenters. The Labute approximate surface area is 142 Å². The average molecular weight is 328 g/mol. The average Bonchev–Trinajstić information content (AvgIpc) is 3.15. The molecule has 2 aromatic rings. The fraction of sp³-hybridized carbons (Fsp3) is 0.444. The number of nitrogens with zero attached hydrogens (tertiary/aromatic N) is 2. The van der Waals surface area contributed by atoms with Gasteiger partial charge >= 0.3 is 0 Å². The zero-order valence-corrected chi connectivity index (χ0v) is 13.9. The highest BCUT2D eigenvalue weighted by Crippen LogP contribution is 2.16. The monoisotopic (exact) mass is 328 g/mol. The first-order valence-electron chi connectivity index (χ1n) is 8.41. The number of aromatic nitrogens is 2. The van der Waals surface area contributed by atoms with Crippen molar-refractivity contribution in [2.45, 2.75) is 31.8 Å². The van der Waals surface area contributed by atoms with Gasteiger partial charge in [0, 0.05) is 43.4 Å². The summed E-state index contributed by atoms with van der Waals surface area (Å²) in [5.74, 6) is 0.0412. The molecule has 2 heterocycles. The third-order valence-electron chi connectivity index (χ3n) is 4.33. The molecular formula is C18H24N4O2. The number of amides is 1. The van der Waals surface area contributed by atoms with Crippen LogP contribution >= 0.6 is 0 Å². The third kappa shape index (κ3) is 4.43. The molecule has 24 heavy (non-hydrogen) atoms. The second-order valence-corrected chi connectivity index (χ2v) is 6.12. The molecular weight excluding hydrogens is 304 g/mol. The molecule has 128 valence electrons. The Morgan fingerprint density at radius 1 is 1.42 bits per heavy atom. The van der Waals surface area contributed by atoms with E-state index in [1.54, 1.807) is 12.5 Å². The van der Waals surface area contributed by atoms with E-state index in [1.807, 2.05) is 22.9 Å². The zero-order chi connectivity index (χ0) is 16.8. The standard InChI is InChI=1S/C18H24N4O2/c1-14(20-12-18(23)21-16-5-9-24-10-6-16)15-3-2-4-17(11-15)22-8-7-19-13-22/h2-4,7-8,11,13-14,16,20H,5-6,9-10,12H2,1H3,(H,21,23)/t14-/m1/s1. The van der Waals surface area contributed by atoms with E-state index >= 15 is 0 Å². The van der Waals surface area contributed by atoms with Crippen molar-refractivity contribution in [3.63, 3.8) is 0 Å². The van der Waals surface area contributed by atoms with Gasteiger partial charge in [-0.25, -0.2) is 4.98 Å². The summed E-state index contributed by atoms with van der Waals surface area (Å²) in [5, 5.41) is 6.36. The topological polar surface area (TPSA) is 68.2 Å². The first-order chi connectivity index (χ1) is 11.7. The molecule has 2 N–H and O–H groups in total. The van der Waals surface area contributed by atoms with E-state index in [-0.39, 0.29) is 18.0 Å². The summed E-state index contributed by atoms with van der Waals surface area (Å²) in [5.41, 5.74) is 2.20. The SMILES string of the molecule is C[C@@H](NCC(=O)NC1CCOCC1)c1cccc(-n2ccnc2)c1. The molecule has 0 radical (unpaired) electrons. The maximum absolute atomic E-state index is 12.1. The van der Waals surface area contributed by atoms with Gasteiger partial charge in [0.05, 0.1) is 12.9 Å². The Balaban J connectivity index is 1.52. The predicted molar refractivity (Wildman–Crippen MR) is 92.0 cm³/mol. The largest absolute Gasteiger partial charge is 0.381 e. The lowest BCUT2D eigenvalue weighted by molar-refractivity contribution is -0.121. The normalized spacial score (nSPS) is 16.7. The van der Waals surface area contributed by atoms with E-state index in [0.717, 1.165) is 37.3 Å². The predicted octanol–water partition coefficient (Wildman–Crippen LogP) is 1.82. The van der Waals surface area contributed by atoms with Gasteiger partial charge in [0.15, 0.2) is 0 Å². The maximum atomic E-state index is 12.1. The first kappa shape index (κ1) is 16.7. The minimum absolute atomic E-state index is 0.0412. The van der Waals surface area contributed by atoms with Crippen LogP contribution in [0.5, 0.6) is 0 Å². The Bertz CT molecular complexity index is 651. The van der Waals surface area contributed by atoms with E-state index < -0.39 is 0 Å². The zero-order valence-electron chi connectivity index (χ0n) is 13.9. The summed E-state index contributed by atoms with van der Waals surface area (Å²) in [7, 11) is 0. The van der Waals surface area contributed by atoms with E-state index in [2.05, 4.69) is 34.7 Å². The van der Waals surface area contributed by atoms with Gasteiger partial charge in [-0.15, -0.1) is 0 Å². The van der Waals surface area contributed by atoms with Crippen LogP contribution in [0.3, 0.4) is 0 Å². The van der Waals surface area contributed by atoms with Gasteiger partial charge in [-0.3, -0.25) is 4.79 Å². The number of carbonyl (C=O) groups excluding carboxylic acids is 1. The number of hydrogen-bond donors (Lipinski definition) is 2. The third-order valence-corrected chi connectivity index (χ3v) is 4.33. The smallest absolute Gasteiger partial charge is 0.234 e. The molecule has 1 amide bonds. The van der Waals surface area contributed by atoms with Gasteiger partial charge in [0.2, 0.25) is 5.91 Å². The lowest BCUT2D eigenvalue weighted by atomic mass is 10.1. The molecule has 1 aromatic heterocycles. The highest BCUT2D eigenvalue weighted by Gasteiger charge is 2.16. The Morgan fingerprint density at radius 3 is 3.00 bits per heavy atom. The molecule has 1 fully saturated rings. The number of imidazole rings is 1. The van der Waals surface area contributed by atoms with Crippen molar-refractivity contribution in [1.29, 1.82) is 0 Å². The number of ether oxygens (including phenoxy) is 1. The number of carbonyl (C=O) groups is 1. The van der Waals surface area contributed by atoms with Gasteiger partial charge in [-0.2, -0.15) is 0 Å². The van der Waals surface area contributed by atoms with Crippen LogP contribution in [0.2, 0.25) is 0 Å². The van der Waals surface area contributed by atoms with Crippen LogP contribution in [-0.4, -0.2) is 41.3 Å². The van der Waals surface area contributed by atoms with Crippen LogP contribution in [0.1, 0.15) is 31.4 Å². The highest BCUT2D eigenvalue weighted by atomic mass is 16.5.